The van der Waals surface area contributed by atoms with E-state index in [4.69, 9.17) is 4.74 Å². The summed E-state index contributed by atoms with van der Waals surface area (Å²) in [6.07, 6.45) is 0.646. The molecule has 20 heavy (non-hydrogen) atoms. The van der Waals surface area contributed by atoms with Gasteiger partial charge < -0.3 is 9.47 Å². The predicted molar refractivity (Wildman–Crippen MR) is 70.5 cm³/mol. The maximum atomic E-state index is 11.4. The minimum atomic E-state index is -0.815. The minimum absolute atomic E-state index is 0.112. The zero-order valence-corrected chi connectivity index (χ0v) is 10.9. The summed E-state index contributed by atoms with van der Waals surface area (Å²) < 4.78 is 10.0. The zero-order chi connectivity index (χ0) is 14.7. The van der Waals surface area contributed by atoms with Crippen LogP contribution in [0.2, 0.25) is 0 Å². The Labute approximate surface area is 114 Å². The van der Waals surface area contributed by atoms with Crippen molar-refractivity contribution in [3.8, 4) is 5.75 Å². The highest BCUT2D eigenvalue weighted by atomic mass is 16.6. The number of benzene rings is 1. The van der Waals surface area contributed by atoms with Gasteiger partial charge in [-0.05, 0) is 25.1 Å². The average Bonchev–Trinajstić information content (AvgIpc) is 2.46. The van der Waals surface area contributed by atoms with Gasteiger partial charge in [0.1, 0.15) is 5.75 Å². The summed E-state index contributed by atoms with van der Waals surface area (Å²) in [5.41, 5.74) is 0.103. The molecule has 0 aliphatic heterocycles. The van der Waals surface area contributed by atoms with Crippen molar-refractivity contribution < 1.29 is 19.2 Å². The lowest BCUT2D eigenvalue weighted by atomic mass is 10.1. The molecule has 0 saturated carbocycles. The normalized spacial score (nSPS) is 11.9. The Bertz CT molecular complexity index is 671. The van der Waals surface area contributed by atoms with Crippen molar-refractivity contribution in [2.45, 2.75) is 13.0 Å². The van der Waals surface area contributed by atoms with Crippen molar-refractivity contribution in [2.24, 2.45) is 0 Å². The average molecular weight is 276 g/mol. The Morgan fingerprint density at radius 3 is 2.80 bits per heavy atom. The van der Waals surface area contributed by atoms with Crippen LogP contribution < -0.4 is 4.74 Å². The fourth-order valence-corrected chi connectivity index (χ4v) is 1.79. The quantitative estimate of drug-likeness (QED) is 0.482. The molecule has 0 spiro atoms. The molecule has 0 aliphatic rings. The summed E-state index contributed by atoms with van der Waals surface area (Å²) in [6.45, 7) is 1.54. The first-order chi connectivity index (χ1) is 9.54. The highest BCUT2D eigenvalue weighted by Gasteiger charge is 2.20. The first-order valence-electron chi connectivity index (χ1n) is 5.81. The Balaban J connectivity index is 2.48. The number of hydrogen-bond donors (Lipinski definition) is 0. The van der Waals surface area contributed by atoms with Crippen molar-refractivity contribution in [3.05, 3.63) is 40.6 Å². The van der Waals surface area contributed by atoms with Crippen LogP contribution in [0, 0.1) is 10.1 Å². The molecule has 0 N–H and O–H groups in total. The molecule has 2 rings (SSSR count). The lowest BCUT2D eigenvalue weighted by molar-refractivity contribution is -0.383. The highest BCUT2D eigenvalue weighted by molar-refractivity contribution is 5.92. The lowest BCUT2D eigenvalue weighted by Crippen LogP contribution is -2.25. The van der Waals surface area contributed by atoms with Crippen molar-refractivity contribution in [3.63, 3.8) is 0 Å². The number of carbonyl (C=O) groups is 1. The predicted octanol–water partition coefficient (Wildman–Crippen LogP) is 2.08. The summed E-state index contributed by atoms with van der Waals surface area (Å²) >= 11 is 0. The van der Waals surface area contributed by atoms with E-state index in [2.05, 4.69) is 9.72 Å². The van der Waals surface area contributed by atoms with Crippen LogP contribution in [-0.4, -0.2) is 29.1 Å². The number of rotatable bonds is 4. The monoisotopic (exact) mass is 276 g/mol. The molecule has 0 fully saturated rings. The van der Waals surface area contributed by atoms with Gasteiger partial charge in [-0.15, -0.1) is 0 Å². The SMILES string of the molecule is COC(=O)[C@@H](C)Oc1ccc([N+](=O)[O-])c2ncccc12. The van der Waals surface area contributed by atoms with Crippen LogP contribution in [0.25, 0.3) is 10.9 Å². The third-order valence-corrected chi connectivity index (χ3v) is 2.74. The largest absolute Gasteiger partial charge is 0.478 e. The van der Waals surface area contributed by atoms with Crippen LogP contribution in [0.1, 0.15) is 6.92 Å². The topological polar surface area (TPSA) is 91.6 Å². The van der Waals surface area contributed by atoms with Gasteiger partial charge in [-0.3, -0.25) is 10.1 Å². The second kappa shape index (κ2) is 5.52. The molecule has 2 aromatic rings. The molecule has 104 valence electrons. The Morgan fingerprint density at radius 2 is 2.15 bits per heavy atom. The van der Waals surface area contributed by atoms with Gasteiger partial charge >= 0.3 is 5.97 Å². The second-order valence-electron chi connectivity index (χ2n) is 4.02. The van der Waals surface area contributed by atoms with Gasteiger partial charge in [-0.1, -0.05) is 0 Å². The van der Waals surface area contributed by atoms with E-state index in [0.717, 1.165) is 0 Å². The molecule has 7 nitrogen and oxygen atoms in total. The number of nitro benzene ring substituents is 1. The fraction of sp³-hybridized carbons (Fsp3) is 0.231. The molecular weight excluding hydrogens is 264 g/mol. The molecule has 0 bridgehead atoms. The van der Waals surface area contributed by atoms with Crippen molar-refractivity contribution >= 4 is 22.6 Å². The number of ether oxygens (including phenoxy) is 2. The van der Waals surface area contributed by atoms with Crippen molar-refractivity contribution in [1.29, 1.82) is 0 Å². The summed E-state index contributed by atoms with van der Waals surface area (Å²) in [7, 11) is 1.26. The molecule has 1 heterocycles. The summed E-state index contributed by atoms with van der Waals surface area (Å²) in [4.78, 5) is 25.8. The van der Waals surface area contributed by atoms with E-state index in [-0.39, 0.29) is 11.2 Å². The molecule has 1 aromatic carbocycles. The van der Waals surface area contributed by atoms with Crippen molar-refractivity contribution in [2.75, 3.05) is 7.11 Å². The van der Waals surface area contributed by atoms with Crippen LogP contribution in [0.15, 0.2) is 30.5 Å². The van der Waals surface area contributed by atoms with Gasteiger partial charge in [0, 0.05) is 17.6 Å². The van der Waals surface area contributed by atoms with Crippen LogP contribution in [0.4, 0.5) is 5.69 Å². The summed E-state index contributed by atoms with van der Waals surface area (Å²) in [6, 6.07) is 6.03. The van der Waals surface area contributed by atoms with Gasteiger partial charge in [0.15, 0.2) is 11.6 Å². The Morgan fingerprint density at radius 1 is 1.40 bits per heavy atom. The molecule has 0 aliphatic carbocycles. The third kappa shape index (κ3) is 2.51. The third-order valence-electron chi connectivity index (χ3n) is 2.74. The molecule has 7 heteroatoms. The number of non-ortho nitro benzene ring substituents is 1. The van der Waals surface area contributed by atoms with Gasteiger partial charge in [0.2, 0.25) is 0 Å². The molecular formula is C13H12N2O5. The van der Waals surface area contributed by atoms with E-state index in [1.54, 1.807) is 12.1 Å². The number of fused-ring (bicyclic) bond motifs is 1. The van der Waals surface area contributed by atoms with Crippen LogP contribution in [-0.2, 0) is 9.53 Å². The number of nitrogens with zero attached hydrogens (tertiary/aromatic N) is 2. The number of aromatic nitrogens is 1. The number of hydrogen-bond acceptors (Lipinski definition) is 6. The molecule has 1 aromatic heterocycles. The number of pyridine rings is 1. The van der Waals surface area contributed by atoms with Crippen LogP contribution in [0.3, 0.4) is 0 Å². The van der Waals surface area contributed by atoms with E-state index in [0.29, 0.717) is 11.1 Å². The Kier molecular flexibility index (Phi) is 3.79. The van der Waals surface area contributed by atoms with E-state index >= 15 is 0 Å². The minimum Gasteiger partial charge on any atom is -0.478 e. The summed E-state index contributed by atoms with van der Waals surface area (Å²) in [5.74, 6) is -0.183. The fourth-order valence-electron chi connectivity index (χ4n) is 1.79. The Hall–Kier alpha value is -2.70. The summed E-state index contributed by atoms with van der Waals surface area (Å²) in [5, 5.41) is 11.4. The van der Waals surface area contributed by atoms with Gasteiger partial charge in [0.25, 0.3) is 5.69 Å². The molecule has 0 unspecified atom stereocenters. The van der Waals surface area contributed by atoms with Crippen molar-refractivity contribution in [1.82, 2.24) is 4.98 Å². The number of carbonyl (C=O) groups excluding carboxylic acids is 1. The standard InChI is InChI=1S/C13H12N2O5/c1-8(13(16)19-2)20-11-6-5-10(15(17)18)12-9(11)4-3-7-14-12/h3-8H,1-2H3/t8-/m1/s1. The van der Waals surface area contributed by atoms with Gasteiger partial charge in [-0.25, -0.2) is 9.78 Å². The number of esters is 1. The van der Waals surface area contributed by atoms with E-state index < -0.39 is 17.0 Å². The number of nitro groups is 1. The zero-order valence-electron chi connectivity index (χ0n) is 10.9. The second-order valence-corrected chi connectivity index (χ2v) is 4.02. The van der Waals surface area contributed by atoms with Crippen LogP contribution >= 0.6 is 0 Å². The highest BCUT2D eigenvalue weighted by Crippen LogP contribution is 2.31. The first kappa shape index (κ1) is 13.7. The van der Waals surface area contributed by atoms with E-state index in [1.807, 2.05) is 0 Å². The van der Waals surface area contributed by atoms with E-state index in [1.165, 1.54) is 32.4 Å². The molecule has 0 saturated heterocycles. The van der Waals surface area contributed by atoms with Gasteiger partial charge in [-0.2, -0.15) is 0 Å². The van der Waals surface area contributed by atoms with E-state index in [9.17, 15) is 14.9 Å². The lowest BCUT2D eigenvalue weighted by Gasteiger charge is -2.13. The molecule has 0 radical (unpaired) electrons. The maximum absolute atomic E-state index is 11.4. The molecule has 0 amide bonds. The maximum Gasteiger partial charge on any atom is 0.346 e. The van der Waals surface area contributed by atoms with Gasteiger partial charge in [0.05, 0.1) is 12.0 Å². The van der Waals surface area contributed by atoms with Crippen LogP contribution in [0.5, 0.6) is 5.75 Å². The first-order valence-corrected chi connectivity index (χ1v) is 5.81. The number of methoxy groups -OCH3 is 1. The smallest absolute Gasteiger partial charge is 0.346 e. The molecule has 1 atom stereocenters.